The molecule has 6 aliphatic rings. The molecule has 2 spiro atoms. The van der Waals surface area contributed by atoms with Crippen molar-refractivity contribution in [2.24, 2.45) is 34.0 Å². The summed E-state index contributed by atoms with van der Waals surface area (Å²) in [5, 5.41) is 45.1. The summed E-state index contributed by atoms with van der Waals surface area (Å²) in [5.74, 6) is -3.66. The Balaban J connectivity index is 1.81. The van der Waals surface area contributed by atoms with Gasteiger partial charge >= 0.3 is 0 Å². The predicted octanol–water partition coefficient (Wildman–Crippen LogP) is 0.376. The molecule has 0 amide bonds. The summed E-state index contributed by atoms with van der Waals surface area (Å²) in [4.78, 5) is 13.3. The van der Waals surface area contributed by atoms with Crippen LogP contribution in [-0.2, 0) is 9.53 Å². The molecule has 4 bridgehead atoms. The average molecular weight is 364 g/mol. The maximum Gasteiger partial charge on any atom is 0.205 e. The van der Waals surface area contributed by atoms with Crippen molar-refractivity contribution in [2.75, 3.05) is 6.61 Å². The minimum absolute atomic E-state index is 0.0454. The number of carbonyl (C=O) groups excluding carboxylic acids is 1. The van der Waals surface area contributed by atoms with Crippen LogP contribution in [-0.4, -0.2) is 56.9 Å². The largest absolute Gasteiger partial charge is 0.393 e. The Hall–Kier alpha value is -0.790. The molecule has 6 rings (SSSR count). The van der Waals surface area contributed by atoms with Crippen LogP contribution in [0.15, 0.2) is 12.2 Å². The third-order valence-corrected chi connectivity index (χ3v) is 8.78. The molecule has 0 aromatic heterocycles. The van der Waals surface area contributed by atoms with E-state index in [4.69, 9.17) is 4.74 Å². The second-order valence-corrected chi connectivity index (χ2v) is 10.1. The summed E-state index contributed by atoms with van der Waals surface area (Å²) >= 11 is 0. The van der Waals surface area contributed by atoms with E-state index >= 15 is 0 Å². The first-order chi connectivity index (χ1) is 12.0. The predicted molar refractivity (Wildman–Crippen MR) is 90.7 cm³/mol. The quantitative estimate of drug-likeness (QED) is 0.463. The number of hydrogen-bond donors (Lipinski definition) is 4. The summed E-state index contributed by atoms with van der Waals surface area (Å²) in [7, 11) is 0. The lowest BCUT2D eigenvalue weighted by Gasteiger charge is -2.74. The Morgan fingerprint density at radius 1 is 1.19 bits per heavy atom. The van der Waals surface area contributed by atoms with Gasteiger partial charge in [-0.25, -0.2) is 0 Å². The van der Waals surface area contributed by atoms with Gasteiger partial charge in [0.1, 0.15) is 6.10 Å². The number of Topliss-reactive ketones (excluding diaryl/α,β-unsaturated/α-hetero) is 1. The van der Waals surface area contributed by atoms with Gasteiger partial charge in [-0.1, -0.05) is 20.4 Å². The summed E-state index contributed by atoms with van der Waals surface area (Å²) in [6.07, 6.45) is -0.978. The first kappa shape index (κ1) is 17.3. The standard InChI is InChI=1S/C20H28O6/c1-9-10-6-11(21)13-18-8-26-20(25,19(13,7-10)15(9)23)16(24)14(18)17(2,3)5-4-12(18)22/h10-14,16,21-22,24-25H,1,4-8H2,2-3H3/t10-,11-,12+,13+,14-,16+,18+,19+,20?/m1/s1. The van der Waals surface area contributed by atoms with Gasteiger partial charge < -0.3 is 25.2 Å². The molecular formula is C20H28O6. The first-order valence-electron chi connectivity index (χ1n) is 9.68. The second-order valence-electron chi connectivity index (χ2n) is 10.1. The summed E-state index contributed by atoms with van der Waals surface area (Å²) < 4.78 is 5.83. The molecule has 2 aliphatic heterocycles. The zero-order valence-corrected chi connectivity index (χ0v) is 15.3. The lowest BCUT2D eigenvalue weighted by Crippen LogP contribution is -2.85. The SMILES string of the molecule is C=C1C(=O)[C@]23C[C@H]1C[C@@H](O)[C@H]2[C@@]12COC3(O)[C@@H](O)[C@@H]1C(C)(C)CC[C@@H]2O. The number of hydrogen-bond acceptors (Lipinski definition) is 6. The number of carbonyl (C=O) groups is 1. The second kappa shape index (κ2) is 4.61. The van der Waals surface area contributed by atoms with Gasteiger partial charge in [-0.05, 0) is 42.6 Å². The molecule has 144 valence electrons. The van der Waals surface area contributed by atoms with Crippen LogP contribution < -0.4 is 0 Å². The van der Waals surface area contributed by atoms with Crippen molar-refractivity contribution >= 4 is 5.78 Å². The van der Waals surface area contributed by atoms with Crippen molar-refractivity contribution in [2.45, 2.75) is 63.6 Å². The van der Waals surface area contributed by atoms with Crippen molar-refractivity contribution in [1.29, 1.82) is 0 Å². The number of aliphatic hydroxyl groups is 4. The highest BCUT2D eigenvalue weighted by molar-refractivity contribution is 6.04. The van der Waals surface area contributed by atoms with Crippen LogP contribution in [0.5, 0.6) is 0 Å². The van der Waals surface area contributed by atoms with Crippen molar-refractivity contribution < 1.29 is 30.0 Å². The van der Waals surface area contributed by atoms with E-state index in [-0.39, 0.29) is 23.7 Å². The van der Waals surface area contributed by atoms with Crippen molar-refractivity contribution in [3.63, 3.8) is 0 Å². The zero-order valence-electron chi connectivity index (χ0n) is 15.3. The molecule has 0 aromatic rings. The Bertz CT molecular complexity index is 717. The van der Waals surface area contributed by atoms with Crippen LogP contribution in [0.2, 0.25) is 0 Å². The molecule has 26 heavy (non-hydrogen) atoms. The number of ketones is 1. The summed E-state index contributed by atoms with van der Waals surface area (Å²) in [5.41, 5.74) is -2.32. The van der Waals surface area contributed by atoms with Gasteiger partial charge in [0.05, 0.1) is 24.2 Å². The van der Waals surface area contributed by atoms with Gasteiger partial charge in [0.25, 0.3) is 0 Å². The van der Waals surface area contributed by atoms with Crippen molar-refractivity contribution in [3.8, 4) is 0 Å². The Morgan fingerprint density at radius 2 is 1.88 bits per heavy atom. The number of fused-ring (bicyclic) bond motifs is 2. The highest BCUT2D eigenvalue weighted by Gasteiger charge is 2.85. The van der Waals surface area contributed by atoms with E-state index in [1.165, 1.54) is 0 Å². The topological polar surface area (TPSA) is 107 Å². The molecule has 0 radical (unpaired) electrons. The van der Waals surface area contributed by atoms with Crippen LogP contribution in [0.1, 0.15) is 39.5 Å². The number of allylic oxidation sites excluding steroid dienone is 1. The normalized spacial score (nSPS) is 59.9. The molecular weight excluding hydrogens is 336 g/mol. The molecule has 6 nitrogen and oxygen atoms in total. The third kappa shape index (κ3) is 1.47. The van der Waals surface area contributed by atoms with Gasteiger partial charge in [0.15, 0.2) is 5.78 Å². The molecule has 4 aliphatic carbocycles. The molecule has 4 saturated carbocycles. The highest BCUT2D eigenvalue weighted by atomic mass is 16.6. The van der Waals surface area contributed by atoms with Crippen LogP contribution >= 0.6 is 0 Å². The van der Waals surface area contributed by atoms with E-state index in [0.717, 1.165) is 0 Å². The van der Waals surface area contributed by atoms with Crippen molar-refractivity contribution in [3.05, 3.63) is 12.2 Å². The van der Waals surface area contributed by atoms with E-state index in [1.807, 2.05) is 13.8 Å². The smallest absolute Gasteiger partial charge is 0.205 e. The van der Waals surface area contributed by atoms with E-state index in [0.29, 0.717) is 31.3 Å². The van der Waals surface area contributed by atoms with Gasteiger partial charge in [0, 0.05) is 17.3 Å². The maximum absolute atomic E-state index is 13.3. The molecule has 2 saturated heterocycles. The molecule has 4 N–H and O–H groups in total. The summed E-state index contributed by atoms with van der Waals surface area (Å²) in [6.45, 7) is 8.01. The summed E-state index contributed by atoms with van der Waals surface area (Å²) in [6, 6.07) is 0. The van der Waals surface area contributed by atoms with Gasteiger partial charge in [-0.2, -0.15) is 0 Å². The molecule has 9 atom stereocenters. The zero-order chi connectivity index (χ0) is 18.9. The van der Waals surface area contributed by atoms with Gasteiger partial charge in [0.2, 0.25) is 5.79 Å². The molecule has 0 aromatic carbocycles. The van der Waals surface area contributed by atoms with E-state index < -0.39 is 46.8 Å². The lowest BCUT2D eigenvalue weighted by molar-refractivity contribution is -0.455. The van der Waals surface area contributed by atoms with E-state index in [2.05, 4.69) is 6.58 Å². The fourth-order valence-corrected chi connectivity index (χ4v) is 7.88. The van der Waals surface area contributed by atoms with E-state index in [9.17, 15) is 25.2 Å². The lowest BCUT2D eigenvalue weighted by atomic mass is 9.35. The number of ether oxygens (including phenoxy) is 1. The first-order valence-corrected chi connectivity index (χ1v) is 9.68. The van der Waals surface area contributed by atoms with Crippen molar-refractivity contribution in [1.82, 2.24) is 0 Å². The van der Waals surface area contributed by atoms with Gasteiger partial charge in [-0.15, -0.1) is 0 Å². The van der Waals surface area contributed by atoms with E-state index in [1.54, 1.807) is 0 Å². The van der Waals surface area contributed by atoms with Crippen LogP contribution in [0.4, 0.5) is 0 Å². The van der Waals surface area contributed by atoms with Gasteiger partial charge in [-0.3, -0.25) is 4.79 Å². The minimum Gasteiger partial charge on any atom is -0.393 e. The van der Waals surface area contributed by atoms with Crippen LogP contribution in [0, 0.1) is 34.0 Å². The third-order valence-electron chi connectivity index (χ3n) is 8.78. The fraction of sp³-hybridized carbons (Fsp3) is 0.850. The molecule has 1 unspecified atom stereocenters. The average Bonchev–Trinajstić information content (AvgIpc) is 2.76. The van der Waals surface area contributed by atoms with Crippen LogP contribution in [0.25, 0.3) is 0 Å². The Labute approximate surface area is 152 Å². The van der Waals surface area contributed by atoms with Crippen LogP contribution in [0.3, 0.4) is 0 Å². The maximum atomic E-state index is 13.3. The number of rotatable bonds is 0. The Morgan fingerprint density at radius 3 is 2.58 bits per heavy atom. The monoisotopic (exact) mass is 364 g/mol. The highest BCUT2D eigenvalue weighted by Crippen LogP contribution is 2.76. The fourth-order valence-electron chi connectivity index (χ4n) is 7.88. The number of aliphatic hydroxyl groups excluding tert-OH is 3. The Kier molecular flexibility index (Phi) is 3.07. The molecule has 2 heterocycles. The minimum atomic E-state index is -2.05. The molecule has 6 heteroatoms. The molecule has 6 fully saturated rings.